The highest BCUT2D eigenvalue weighted by molar-refractivity contribution is 5.64. The number of carboxylic acid groups (broad SMARTS) is 1. The van der Waals surface area contributed by atoms with Crippen molar-refractivity contribution in [2.45, 2.75) is 32.9 Å². The van der Waals surface area contributed by atoms with Crippen molar-refractivity contribution in [3.05, 3.63) is 22.8 Å². The van der Waals surface area contributed by atoms with Crippen molar-refractivity contribution >= 4 is 11.7 Å². The van der Waals surface area contributed by atoms with E-state index in [1.165, 1.54) is 0 Å². The molecule has 0 amide bonds. The van der Waals surface area contributed by atoms with Crippen molar-refractivity contribution in [3.63, 3.8) is 0 Å². The van der Waals surface area contributed by atoms with Gasteiger partial charge in [0.2, 0.25) is 0 Å². The minimum absolute atomic E-state index is 0.115. The zero-order valence-electron chi connectivity index (χ0n) is 10.7. The van der Waals surface area contributed by atoms with Crippen LogP contribution in [0.15, 0.2) is 0 Å². The van der Waals surface area contributed by atoms with E-state index in [-0.39, 0.29) is 18.6 Å². The molecule has 2 rings (SSSR count). The molecule has 0 bridgehead atoms. The zero-order valence-corrected chi connectivity index (χ0v) is 10.7. The molecule has 0 spiro atoms. The van der Waals surface area contributed by atoms with E-state index < -0.39 is 18.0 Å². The van der Waals surface area contributed by atoms with Crippen LogP contribution in [-0.4, -0.2) is 25.6 Å². The third-order valence-electron chi connectivity index (χ3n) is 2.88. The molecule has 0 aliphatic rings. The van der Waals surface area contributed by atoms with Crippen LogP contribution in [0.2, 0.25) is 0 Å². The minimum atomic E-state index is -4.65. The van der Waals surface area contributed by atoms with Crippen LogP contribution in [0.25, 0.3) is 5.78 Å². The predicted octanol–water partition coefficient (Wildman–Crippen LogP) is 0.442. The van der Waals surface area contributed by atoms with Crippen LogP contribution < -0.4 is 5.11 Å². The van der Waals surface area contributed by atoms with Crippen molar-refractivity contribution in [2.75, 3.05) is 0 Å². The number of carbonyl (C=O) groups excluding carboxylic acids is 1. The van der Waals surface area contributed by atoms with Crippen molar-refractivity contribution in [2.24, 2.45) is 0 Å². The van der Waals surface area contributed by atoms with Crippen LogP contribution >= 0.6 is 0 Å². The number of carboxylic acids is 1. The highest BCUT2D eigenvalue weighted by Crippen LogP contribution is 2.27. The summed E-state index contributed by atoms with van der Waals surface area (Å²) in [4.78, 5) is 17.7. The van der Waals surface area contributed by atoms with Crippen LogP contribution in [0.5, 0.6) is 0 Å². The number of nitrogens with zero attached hydrogens (tertiary/aromatic N) is 4. The molecule has 0 N–H and O–H groups in total. The molecular weight excluding hydrogens is 277 g/mol. The summed E-state index contributed by atoms with van der Waals surface area (Å²) in [5.74, 6) is -2.67. The van der Waals surface area contributed by atoms with Crippen LogP contribution in [-0.2, 0) is 17.4 Å². The third kappa shape index (κ3) is 2.56. The molecule has 0 unspecified atom stereocenters. The summed E-state index contributed by atoms with van der Waals surface area (Å²) in [6.07, 6.45) is -4.78. The zero-order chi connectivity index (χ0) is 15.1. The highest BCUT2D eigenvalue weighted by Gasteiger charge is 2.36. The second kappa shape index (κ2) is 4.73. The fourth-order valence-electron chi connectivity index (χ4n) is 1.92. The van der Waals surface area contributed by atoms with Crippen molar-refractivity contribution < 1.29 is 23.1 Å². The van der Waals surface area contributed by atoms with Crippen molar-refractivity contribution in [1.82, 2.24) is 19.6 Å². The molecule has 0 saturated carbocycles. The molecule has 2 heterocycles. The lowest BCUT2D eigenvalue weighted by Gasteiger charge is -2.10. The van der Waals surface area contributed by atoms with E-state index in [2.05, 4.69) is 15.1 Å². The lowest BCUT2D eigenvalue weighted by atomic mass is 10.1. The average molecular weight is 287 g/mol. The third-order valence-corrected chi connectivity index (χ3v) is 2.88. The van der Waals surface area contributed by atoms with E-state index in [0.717, 1.165) is 4.52 Å². The number of aliphatic carboxylic acids is 1. The van der Waals surface area contributed by atoms with Gasteiger partial charge >= 0.3 is 6.18 Å². The Morgan fingerprint density at radius 3 is 2.50 bits per heavy atom. The van der Waals surface area contributed by atoms with Crippen molar-refractivity contribution in [3.8, 4) is 0 Å². The summed E-state index contributed by atoms with van der Waals surface area (Å²) in [6.45, 7) is 3.13. The Kier molecular flexibility index (Phi) is 3.36. The maximum absolute atomic E-state index is 12.6. The first-order chi connectivity index (χ1) is 9.20. The SMILES string of the molecule is Cc1nc2nc(C(F)(F)F)nn2c(C)c1CCC(=O)[O-]. The molecule has 0 aliphatic heterocycles. The van der Waals surface area contributed by atoms with E-state index >= 15 is 0 Å². The van der Waals surface area contributed by atoms with Crippen LogP contribution in [0.4, 0.5) is 13.2 Å². The minimum Gasteiger partial charge on any atom is -0.550 e. The fraction of sp³-hybridized carbons (Fsp3) is 0.455. The number of rotatable bonds is 3. The fourth-order valence-corrected chi connectivity index (χ4v) is 1.92. The van der Waals surface area contributed by atoms with E-state index in [4.69, 9.17) is 0 Å². The van der Waals surface area contributed by atoms with Crippen LogP contribution in [0.1, 0.15) is 29.2 Å². The van der Waals surface area contributed by atoms with Gasteiger partial charge in [0.1, 0.15) is 0 Å². The van der Waals surface area contributed by atoms with Crippen LogP contribution in [0.3, 0.4) is 0 Å². The second-order valence-corrected chi connectivity index (χ2v) is 4.28. The number of hydrogen-bond acceptors (Lipinski definition) is 5. The summed E-state index contributed by atoms with van der Waals surface area (Å²) in [6, 6.07) is 0. The quantitative estimate of drug-likeness (QED) is 0.818. The maximum atomic E-state index is 12.6. The molecule has 0 radical (unpaired) electrons. The molecule has 2 aromatic heterocycles. The number of alkyl halides is 3. The Labute approximate surface area is 111 Å². The van der Waals surface area contributed by atoms with Gasteiger partial charge in [0.25, 0.3) is 11.6 Å². The maximum Gasteiger partial charge on any atom is 0.453 e. The lowest BCUT2D eigenvalue weighted by molar-refractivity contribution is -0.305. The van der Waals surface area contributed by atoms with Gasteiger partial charge in [-0.1, -0.05) is 0 Å². The molecule has 0 aliphatic carbocycles. The van der Waals surface area contributed by atoms with Gasteiger partial charge in [-0.05, 0) is 32.3 Å². The van der Waals surface area contributed by atoms with E-state index in [1.54, 1.807) is 13.8 Å². The molecule has 108 valence electrons. The monoisotopic (exact) mass is 287 g/mol. The smallest absolute Gasteiger partial charge is 0.453 e. The number of aromatic nitrogens is 4. The summed E-state index contributed by atoms with van der Waals surface area (Å²) in [7, 11) is 0. The van der Waals surface area contributed by atoms with Gasteiger partial charge in [0.15, 0.2) is 0 Å². The highest BCUT2D eigenvalue weighted by atomic mass is 19.4. The normalized spacial score (nSPS) is 12.1. The number of carbonyl (C=O) groups is 1. The molecule has 9 heteroatoms. The topological polar surface area (TPSA) is 83.2 Å². The Bertz CT molecular complexity index is 678. The molecule has 0 fully saturated rings. The Morgan fingerprint density at radius 2 is 1.95 bits per heavy atom. The van der Waals surface area contributed by atoms with E-state index in [9.17, 15) is 23.1 Å². The lowest BCUT2D eigenvalue weighted by Crippen LogP contribution is -2.23. The van der Waals surface area contributed by atoms with E-state index in [1.807, 2.05) is 0 Å². The standard InChI is InChI=1S/C11H11F3N4O2/c1-5-7(3-4-8(19)20)6(2)18-10(15-5)16-9(17-18)11(12,13)14/h3-4H2,1-2H3,(H,19,20)/p-1. The first-order valence-electron chi connectivity index (χ1n) is 5.70. The second-order valence-electron chi connectivity index (χ2n) is 4.28. The molecule has 2 aromatic rings. The van der Waals surface area contributed by atoms with Gasteiger partial charge in [-0.25, -0.2) is 9.50 Å². The Balaban J connectivity index is 2.54. The van der Waals surface area contributed by atoms with Gasteiger partial charge < -0.3 is 9.90 Å². The summed E-state index contributed by atoms with van der Waals surface area (Å²) >= 11 is 0. The summed E-state index contributed by atoms with van der Waals surface area (Å²) in [5, 5.41) is 13.8. The molecule has 0 saturated heterocycles. The number of halogens is 3. The van der Waals surface area contributed by atoms with Crippen molar-refractivity contribution in [1.29, 1.82) is 0 Å². The van der Waals surface area contributed by atoms with Gasteiger partial charge in [0, 0.05) is 17.4 Å². The van der Waals surface area contributed by atoms with Gasteiger partial charge in [0.05, 0.1) is 0 Å². The van der Waals surface area contributed by atoms with Gasteiger partial charge in [-0.3, -0.25) is 0 Å². The Hall–Kier alpha value is -2.19. The summed E-state index contributed by atoms with van der Waals surface area (Å²) in [5.41, 5.74) is 1.34. The molecular formula is C11H10F3N4O2-. The number of aryl methyl sites for hydroxylation is 2. The first kappa shape index (κ1) is 14.2. The Morgan fingerprint density at radius 1 is 1.30 bits per heavy atom. The van der Waals surface area contributed by atoms with Gasteiger partial charge in [-0.15, -0.1) is 5.10 Å². The number of hydrogen-bond donors (Lipinski definition) is 0. The number of fused-ring (bicyclic) bond motifs is 1. The van der Waals surface area contributed by atoms with E-state index in [0.29, 0.717) is 17.0 Å². The average Bonchev–Trinajstić information content (AvgIpc) is 2.71. The molecule has 20 heavy (non-hydrogen) atoms. The molecule has 6 nitrogen and oxygen atoms in total. The first-order valence-corrected chi connectivity index (χ1v) is 5.70. The molecule has 0 atom stereocenters. The largest absolute Gasteiger partial charge is 0.550 e. The molecule has 0 aromatic carbocycles. The predicted molar refractivity (Wildman–Crippen MR) is 58.6 cm³/mol. The van der Waals surface area contributed by atoms with Crippen LogP contribution in [0, 0.1) is 13.8 Å². The summed E-state index contributed by atoms with van der Waals surface area (Å²) < 4.78 is 38.7. The van der Waals surface area contributed by atoms with Gasteiger partial charge in [-0.2, -0.15) is 18.2 Å².